The number of carbonyl (C=O) groups is 4. The number of aliphatic carboxylic acids is 1. The topological polar surface area (TPSA) is 226 Å². The number of phenols is 1. The van der Waals surface area contributed by atoms with Crippen molar-refractivity contribution in [2.24, 2.45) is 22.2 Å². The molecule has 13 heteroatoms. The molecule has 1 aliphatic rings. The maximum atomic E-state index is 13.0. The van der Waals surface area contributed by atoms with Gasteiger partial charge in [-0.3, -0.25) is 19.4 Å². The third kappa shape index (κ3) is 8.45. The van der Waals surface area contributed by atoms with E-state index in [1.165, 1.54) is 17.0 Å². The minimum absolute atomic E-state index is 0.0299. The summed E-state index contributed by atoms with van der Waals surface area (Å²) in [5.41, 5.74) is 16.7. The summed E-state index contributed by atoms with van der Waals surface area (Å²) in [6.45, 7) is 0.367. The number of guanidine groups is 1. The molecule has 13 nitrogen and oxygen atoms in total. The van der Waals surface area contributed by atoms with E-state index in [1.807, 2.05) is 0 Å². The van der Waals surface area contributed by atoms with Gasteiger partial charge in [-0.25, -0.2) is 4.79 Å². The first-order valence-corrected chi connectivity index (χ1v) is 11.3. The number of carboxylic acids is 1. The molecule has 1 saturated heterocycles. The van der Waals surface area contributed by atoms with Crippen LogP contribution >= 0.6 is 0 Å². The van der Waals surface area contributed by atoms with Gasteiger partial charge >= 0.3 is 5.97 Å². The van der Waals surface area contributed by atoms with E-state index in [2.05, 4.69) is 15.6 Å². The van der Waals surface area contributed by atoms with Crippen LogP contribution in [0.15, 0.2) is 29.3 Å². The highest BCUT2D eigenvalue weighted by atomic mass is 16.4. The van der Waals surface area contributed by atoms with Crippen molar-refractivity contribution in [1.29, 1.82) is 0 Å². The molecule has 1 aliphatic heterocycles. The van der Waals surface area contributed by atoms with Crippen LogP contribution in [-0.2, 0) is 25.6 Å². The molecule has 35 heavy (non-hydrogen) atoms. The van der Waals surface area contributed by atoms with Crippen LogP contribution in [0.1, 0.15) is 31.2 Å². The Morgan fingerprint density at radius 2 is 1.80 bits per heavy atom. The number of nitrogens with zero attached hydrogens (tertiary/aromatic N) is 2. The molecule has 192 valence electrons. The van der Waals surface area contributed by atoms with E-state index in [0.717, 1.165) is 0 Å². The molecule has 3 amide bonds. The van der Waals surface area contributed by atoms with Gasteiger partial charge in [0.1, 0.15) is 23.9 Å². The molecule has 1 fully saturated rings. The van der Waals surface area contributed by atoms with Crippen LogP contribution in [0.5, 0.6) is 5.75 Å². The average molecular weight is 492 g/mol. The van der Waals surface area contributed by atoms with Crippen molar-refractivity contribution in [2.75, 3.05) is 19.6 Å². The summed E-state index contributed by atoms with van der Waals surface area (Å²) in [7, 11) is 0. The van der Waals surface area contributed by atoms with Gasteiger partial charge in [-0.15, -0.1) is 0 Å². The van der Waals surface area contributed by atoms with E-state index in [-0.39, 0.29) is 43.5 Å². The number of hydrogen-bond donors (Lipinski definition) is 7. The zero-order valence-electron chi connectivity index (χ0n) is 19.4. The Bertz CT molecular complexity index is 933. The Kier molecular flexibility index (Phi) is 10.3. The molecule has 0 radical (unpaired) electrons. The number of likely N-dealkylation sites (tertiary alicyclic amines) is 1. The predicted molar refractivity (Wildman–Crippen MR) is 127 cm³/mol. The molecular weight excluding hydrogens is 458 g/mol. The van der Waals surface area contributed by atoms with Crippen LogP contribution in [0.2, 0.25) is 0 Å². The van der Waals surface area contributed by atoms with Crippen molar-refractivity contribution in [3.63, 3.8) is 0 Å². The van der Waals surface area contributed by atoms with Gasteiger partial charge in [-0.2, -0.15) is 0 Å². The van der Waals surface area contributed by atoms with E-state index >= 15 is 0 Å². The number of aliphatic imine (C=N–C) groups is 1. The lowest BCUT2D eigenvalue weighted by Crippen LogP contribution is -2.56. The normalized spacial score (nSPS) is 16.7. The lowest BCUT2D eigenvalue weighted by atomic mass is 10.0. The van der Waals surface area contributed by atoms with E-state index in [1.54, 1.807) is 12.1 Å². The van der Waals surface area contributed by atoms with Crippen LogP contribution in [0.4, 0.5) is 0 Å². The molecule has 0 spiro atoms. The number of nitrogens with one attached hydrogen (secondary N) is 2. The molecule has 10 N–H and O–H groups in total. The largest absolute Gasteiger partial charge is 0.508 e. The van der Waals surface area contributed by atoms with Crippen LogP contribution in [-0.4, -0.2) is 82.5 Å². The molecule has 0 bridgehead atoms. The second-order valence-corrected chi connectivity index (χ2v) is 8.23. The standard InChI is InChI=1S/C22H33N7O6/c23-12-18(31)29-10-2-4-17(29)20(33)27-15(3-1-9-26-22(24)25)19(32)28-16(21(34)35)11-13-5-7-14(30)8-6-13/h5-8,15-17,30H,1-4,9-12,23H2,(H,27,33)(H,28,32)(H,34,35)(H4,24,25,26). The highest BCUT2D eigenvalue weighted by Gasteiger charge is 2.35. The smallest absolute Gasteiger partial charge is 0.326 e. The fourth-order valence-corrected chi connectivity index (χ4v) is 3.84. The summed E-state index contributed by atoms with van der Waals surface area (Å²) in [5, 5.41) is 24.2. The van der Waals surface area contributed by atoms with Crippen molar-refractivity contribution in [1.82, 2.24) is 15.5 Å². The second kappa shape index (κ2) is 13.1. The summed E-state index contributed by atoms with van der Waals surface area (Å²) >= 11 is 0. The SMILES string of the molecule is NCC(=O)N1CCCC1C(=O)NC(CCCN=C(N)N)C(=O)NC(Cc1ccc(O)cc1)C(=O)O. The lowest BCUT2D eigenvalue weighted by molar-refractivity contribution is -0.142. The van der Waals surface area contributed by atoms with Gasteiger partial charge in [0.15, 0.2) is 5.96 Å². The Morgan fingerprint density at radius 3 is 2.40 bits per heavy atom. The molecule has 1 aromatic rings. The number of hydrogen-bond acceptors (Lipinski definition) is 7. The number of benzene rings is 1. The number of rotatable bonds is 12. The van der Waals surface area contributed by atoms with Gasteiger partial charge in [-0.05, 0) is 43.4 Å². The zero-order valence-corrected chi connectivity index (χ0v) is 19.4. The lowest BCUT2D eigenvalue weighted by Gasteiger charge is -2.26. The van der Waals surface area contributed by atoms with Gasteiger partial charge in [0.05, 0.1) is 6.54 Å². The Hall–Kier alpha value is -3.87. The van der Waals surface area contributed by atoms with E-state index < -0.39 is 35.9 Å². The molecule has 1 aromatic carbocycles. The first-order valence-electron chi connectivity index (χ1n) is 11.3. The molecule has 0 saturated carbocycles. The fourth-order valence-electron chi connectivity index (χ4n) is 3.84. The van der Waals surface area contributed by atoms with Crippen LogP contribution in [0.3, 0.4) is 0 Å². The fraction of sp³-hybridized carbons (Fsp3) is 0.500. The summed E-state index contributed by atoms with van der Waals surface area (Å²) in [6.07, 6.45) is 1.49. The van der Waals surface area contributed by atoms with E-state index in [0.29, 0.717) is 31.4 Å². The molecule has 0 aliphatic carbocycles. The summed E-state index contributed by atoms with van der Waals surface area (Å²) in [4.78, 5) is 55.1. The zero-order chi connectivity index (χ0) is 26.0. The van der Waals surface area contributed by atoms with Gasteiger partial charge in [0.2, 0.25) is 17.7 Å². The minimum Gasteiger partial charge on any atom is -0.508 e. The molecule has 0 aromatic heterocycles. The van der Waals surface area contributed by atoms with Gasteiger partial charge < -0.3 is 42.9 Å². The van der Waals surface area contributed by atoms with Crippen molar-refractivity contribution >= 4 is 29.7 Å². The van der Waals surface area contributed by atoms with Crippen molar-refractivity contribution in [3.05, 3.63) is 29.8 Å². The highest BCUT2D eigenvalue weighted by Crippen LogP contribution is 2.18. The Balaban J connectivity index is 2.12. The van der Waals surface area contributed by atoms with Crippen LogP contribution < -0.4 is 27.8 Å². The highest BCUT2D eigenvalue weighted by molar-refractivity contribution is 5.94. The molecule has 2 rings (SSSR count). The van der Waals surface area contributed by atoms with Crippen LogP contribution in [0.25, 0.3) is 0 Å². The van der Waals surface area contributed by atoms with Gasteiger partial charge in [0.25, 0.3) is 0 Å². The third-order valence-electron chi connectivity index (χ3n) is 5.62. The number of phenolic OH excluding ortho intramolecular Hbond substituents is 1. The number of carboxylic acid groups (broad SMARTS) is 1. The second-order valence-electron chi connectivity index (χ2n) is 8.23. The van der Waals surface area contributed by atoms with Gasteiger partial charge in [0, 0.05) is 19.5 Å². The molecular formula is C22H33N7O6. The third-order valence-corrected chi connectivity index (χ3v) is 5.62. The predicted octanol–water partition coefficient (Wildman–Crippen LogP) is -2.01. The summed E-state index contributed by atoms with van der Waals surface area (Å²) in [5.74, 6) is -2.91. The number of nitrogens with two attached hydrogens (primary N) is 3. The quantitative estimate of drug-likeness (QED) is 0.0972. The number of carbonyl (C=O) groups excluding carboxylic acids is 3. The Morgan fingerprint density at radius 1 is 1.11 bits per heavy atom. The van der Waals surface area contributed by atoms with Gasteiger partial charge in [-0.1, -0.05) is 12.1 Å². The van der Waals surface area contributed by atoms with Crippen molar-refractivity contribution in [2.45, 2.75) is 50.2 Å². The molecule has 1 heterocycles. The molecule has 3 atom stereocenters. The van der Waals surface area contributed by atoms with Crippen molar-refractivity contribution in [3.8, 4) is 5.75 Å². The first kappa shape index (κ1) is 27.4. The first-order chi connectivity index (χ1) is 16.6. The number of aromatic hydroxyl groups is 1. The average Bonchev–Trinajstić information content (AvgIpc) is 3.31. The van der Waals surface area contributed by atoms with Crippen molar-refractivity contribution < 1.29 is 29.4 Å². The molecule has 3 unspecified atom stereocenters. The van der Waals surface area contributed by atoms with Crippen LogP contribution in [0, 0.1) is 0 Å². The summed E-state index contributed by atoms with van der Waals surface area (Å²) in [6, 6.07) is 2.83. The van der Waals surface area contributed by atoms with E-state index in [9.17, 15) is 29.4 Å². The summed E-state index contributed by atoms with van der Waals surface area (Å²) < 4.78 is 0. The monoisotopic (exact) mass is 491 g/mol. The number of amides is 3. The minimum atomic E-state index is -1.27. The Labute approximate surface area is 202 Å². The maximum Gasteiger partial charge on any atom is 0.326 e. The maximum absolute atomic E-state index is 13.0. The van der Waals surface area contributed by atoms with E-state index in [4.69, 9.17) is 17.2 Å².